The van der Waals surface area contributed by atoms with E-state index in [2.05, 4.69) is 4.98 Å². The number of aryl methyl sites for hydroxylation is 3. The van der Waals surface area contributed by atoms with Crippen LogP contribution in [0.3, 0.4) is 0 Å². The lowest BCUT2D eigenvalue weighted by Gasteiger charge is -2.07. The Hall–Kier alpha value is -2.53. The van der Waals surface area contributed by atoms with E-state index in [4.69, 9.17) is 4.74 Å². The molecule has 2 aromatic carbocycles. The van der Waals surface area contributed by atoms with E-state index in [0.717, 1.165) is 32.8 Å². The highest BCUT2D eigenvalue weighted by molar-refractivity contribution is 7.18. The first kappa shape index (κ1) is 18.3. The molecule has 0 bridgehead atoms. The molecule has 4 nitrogen and oxygen atoms in total. The molecule has 1 aromatic heterocycles. The van der Waals surface area contributed by atoms with Crippen LogP contribution in [0, 0.1) is 13.8 Å². The number of benzene rings is 2. The molecule has 0 N–H and O–H groups in total. The summed E-state index contributed by atoms with van der Waals surface area (Å²) in [6.45, 7) is 3.61. The Bertz CT molecular complexity index is 912. The summed E-state index contributed by atoms with van der Waals surface area (Å²) in [6, 6.07) is 13.7. The second-order valence-corrected chi connectivity index (χ2v) is 7.45. The van der Waals surface area contributed by atoms with E-state index in [9.17, 15) is 9.59 Å². The molecular weight excluding hydrogens is 346 g/mol. The molecule has 3 rings (SSSR count). The van der Waals surface area contributed by atoms with E-state index in [1.54, 1.807) is 11.3 Å². The lowest BCUT2D eigenvalue weighted by molar-refractivity contribution is -0.142. The largest absolute Gasteiger partial charge is 0.457 e. The van der Waals surface area contributed by atoms with Gasteiger partial charge < -0.3 is 4.74 Å². The third kappa shape index (κ3) is 4.55. The third-order valence-electron chi connectivity index (χ3n) is 4.17. The molecule has 0 unspecified atom stereocenters. The average Bonchev–Trinajstić information content (AvgIpc) is 3.04. The molecule has 0 spiro atoms. The first-order valence-corrected chi connectivity index (χ1v) is 9.45. The van der Waals surface area contributed by atoms with Crippen molar-refractivity contribution in [3.63, 3.8) is 0 Å². The zero-order valence-electron chi connectivity index (χ0n) is 15.0. The van der Waals surface area contributed by atoms with Gasteiger partial charge in [0.25, 0.3) is 0 Å². The standard InChI is InChI=1S/C21H21NO3S/c1-14-10-11-15(2)16(12-14)18(23)13-25-21(24)9-5-8-20-22-17-6-3-4-7-19(17)26-20/h3-4,6-7,10-12H,5,8-9,13H2,1-2H3. The summed E-state index contributed by atoms with van der Waals surface area (Å²) in [5.41, 5.74) is 3.52. The highest BCUT2D eigenvalue weighted by Crippen LogP contribution is 2.22. The monoisotopic (exact) mass is 367 g/mol. The summed E-state index contributed by atoms with van der Waals surface area (Å²) in [6.07, 6.45) is 1.69. The van der Waals surface area contributed by atoms with Crippen LogP contribution >= 0.6 is 11.3 Å². The molecule has 1 heterocycles. The van der Waals surface area contributed by atoms with Crippen molar-refractivity contribution in [1.29, 1.82) is 0 Å². The van der Waals surface area contributed by atoms with E-state index >= 15 is 0 Å². The number of fused-ring (bicyclic) bond motifs is 1. The Labute approximate surface area is 156 Å². The van der Waals surface area contributed by atoms with Crippen molar-refractivity contribution in [2.24, 2.45) is 0 Å². The molecule has 0 saturated heterocycles. The molecule has 0 fully saturated rings. The van der Waals surface area contributed by atoms with Crippen molar-refractivity contribution in [1.82, 2.24) is 4.98 Å². The minimum absolute atomic E-state index is 0.161. The van der Waals surface area contributed by atoms with E-state index in [1.165, 1.54) is 0 Å². The minimum Gasteiger partial charge on any atom is -0.457 e. The van der Waals surface area contributed by atoms with Gasteiger partial charge in [0.1, 0.15) is 0 Å². The second kappa shape index (κ2) is 8.23. The van der Waals surface area contributed by atoms with Gasteiger partial charge in [0.05, 0.1) is 15.2 Å². The lowest BCUT2D eigenvalue weighted by atomic mass is 10.0. The fraction of sp³-hybridized carbons (Fsp3) is 0.286. The van der Waals surface area contributed by atoms with Crippen molar-refractivity contribution in [3.05, 3.63) is 64.2 Å². The molecule has 0 amide bonds. The Morgan fingerprint density at radius 1 is 1.12 bits per heavy atom. The van der Waals surface area contributed by atoms with Gasteiger partial charge in [-0.05, 0) is 50.5 Å². The number of hydrogen-bond donors (Lipinski definition) is 0. The Morgan fingerprint density at radius 2 is 1.92 bits per heavy atom. The number of ether oxygens (including phenoxy) is 1. The maximum Gasteiger partial charge on any atom is 0.306 e. The zero-order valence-corrected chi connectivity index (χ0v) is 15.8. The number of nitrogens with zero attached hydrogens (tertiary/aromatic N) is 1. The number of carbonyl (C=O) groups is 2. The average molecular weight is 367 g/mol. The van der Waals surface area contributed by atoms with Crippen molar-refractivity contribution < 1.29 is 14.3 Å². The Morgan fingerprint density at radius 3 is 2.73 bits per heavy atom. The van der Waals surface area contributed by atoms with E-state index in [1.807, 2.05) is 56.3 Å². The van der Waals surface area contributed by atoms with Crippen LogP contribution in [0.25, 0.3) is 10.2 Å². The molecule has 0 aliphatic rings. The zero-order chi connectivity index (χ0) is 18.5. The van der Waals surface area contributed by atoms with Crippen LogP contribution in [0.15, 0.2) is 42.5 Å². The van der Waals surface area contributed by atoms with Gasteiger partial charge in [-0.15, -0.1) is 11.3 Å². The van der Waals surface area contributed by atoms with E-state index in [-0.39, 0.29) is 24.8 Å². The van der Waals surface area contributed by atoms with Crippen LogP contribution in [0.5, 0.6) is 0 Å². The van der Waals surface area contributed by atoms with E-state index in [0.29, 0.717) is 12.0 Å². The summed E-state index contributed by atoms with van der Waals surface area (Å²) in [7, 11) is 0. The number of ketones is 1. The van der Waals surface area contributed by atoms with Crippen LogP contribution in [0.2, 0.25) is 0 Å². The van der Waals surface area contributed by atoms with Crippen molar-refractivity contribution in [2.45, 2.75) is 33.1 Å². The van der Waals surface area contributed by atoms with Crippen molar-refractivity contribution in [3.8, 4) is 0 Å². The summed E-state index contributed by atoms with van der Waals surface area (Å²) in [5, 5.41) is 1.02. The summed E-state index contributed by atoms with van der Waals surface area (Å²) < 4.78 is 6.30. The highest BCUT2D eigenvalue weighted by Gasteiger charge is 2.13. The van der Waals surface area contributed by atoms with E-state index < -0.39 is 0 Å². The molecule has 134 valence electrons. The normalized spacial score (nSPS) is 10.8. The number of esters is 1. The SMILES string of the molecule is Cc1ccc(C)c(C(=O)COC(=O)CCCc2nc3ccccc3s2)c1. The quantitative estimate of drug-likeness (QED) is 0.450. The van der Waals surface area contributed by atoms with Gasteiger partial charge in [-0.25, -0.2) is 4.98 Å². The minimum atomic E-state index is -0.343. The van der Waals surface area contributed by atoms with Gasteiger partial charge in [-0.1, -0.05) is 29.8 Å². The maximum absolute atomic E-state index is 12.2. The predicted molar refractivity (Wildman–Crippen MR) is 104 cm³/mol. The fourth-order valence-corrected chi connectivity index (χ4v) is 3.75. The van der Waals surface area contributed by atoms with Crippen LogP contribution < -0.4 is 0 Å². The van der Waals surface area contributed by atoms with Gasteiger partial charge in [-0.2, -0.15) is 0 Å². The smallest absolute Gasteiger partial charge is 0.306 e. The van der Waals surface area contributed by atoms with Gasteiger partial charge in [0.2, 0.25) is 5.78 Å². The topological polar surface area (TPSA) is 56.3 Å². The maximum atomic E-state index is 12.2. The molecule has 0 atom stereocenters. The van der Waals surface area contributed by atoms with Crippen molar-refractivity contribution >= 4 is 33.3 Å². The molecule has 0 aliphatic carbocycles. The second-order valence-electron chi connectivity index (χ2n) is 6.33. The number of aromatic nitrogens is 1. The highest BCUT2D eigenvalue weighted by atomic mass is 32.1. The van der Waals surface area contributed by atoms with Gasteiger partial charge >= 0.3 is 5.97 Å². The van der Waals surface area contributed by atoms with Gasteiger partial charge in [0, 0.05) is 12.0 Å². The predicted octanol–water partition coefficient (Wildman–Crippen LogP) is 4.66. The number of Topliss-reactive ketones (excluding diaryl/α,β-unsaturated/α-hetero) is 1. The van der Waals surface area contributed by atoms with Crippen LogP contribution in [-0.4, -0.2) is 23.3 Å². The van der Waals surface area contributed by atoms with Gasteiger partial charge in [0.15, 0.2) is 6.61 Å². The fourth-order valence-electron chi connectivity index (χ4n) is 2.74. The molecular formula is C21H21NO3S. The molecule has 26 heavy (non-hydrogen) atoms. The number of thiazole rings is 1. The number of rotatable bonds is 7. The third-order valence-corrected chi connectivity index (χ3v) is 5.26. The molecule has 5 heteroatoms. The van der Waals surface area contributed by atoms with Gasteiger partial charge in [-0.3, -0.25) is 9.59 Å². The summed E-state index contributed by atoms with van der Waals surface area (Å²) in [4.78, 5) is 28.7. The summed E-state index contributed by atoms with van der Waals surface area (Å²) >= 11 is 1.65. The molecule has 0 aliphatic heterocycles. The Balaban J connectivity index is 1.45. The molecule has 0 saturated carbocycles. The number of para-hydroxylation sites is 1. The van der Waals surface area contributed by atoms with Crippen LogP contribution in [0.4, 0.5) is 0 Å². The first-order valence-electron chi connectivity index (χ1n) is 8.63. The molecule has 3 aromatic rings. The van der Waals surface area contributed by atoms with Crippen LogP contribution in [-0.2, 0) is 16.0 Å². The van der Waals surface area contributed by atoms with Crippen molar-refractivity contribution in [2.75, 3.05) is 6.61 Å². The number of hydrogen-bond acceptors (Lipinski definition) is 5. The Kier molecular flexibility index (Phi) is 5.78. The molecule has 0 radical (unpaired) electrons. The van der Waals surface area contributed by atoms with Crippen LogP contribution in [0.1, 0.15) is 39.3 Å². The number of carbonyl (C=O) groups excluding carboxylic acids is 2. The first-order chi connectivity index (χ1) is 12.5. The lowest BCUT2D eigenvalue weighted by Crippen LogP contribution is -2.15. The summed E-state index contributed by atoms with van der Waals surface area (Å²) in [5.74, 6) is -0.504.